The summed E-state index contributed by atoms with van der Waals surface area (Å²) in [6.07, 6.45) is 4.10. The molecule has 2 rings (SSSR count). The van der Waals surface area contributed by atoms with E-state index in [0.717, 1.165) is 0 Å². The minimum Gasteiger partial charge on any atom is -0.314 e. The maximum absolute atomic E-state index is 3.57. The van der Waals surface area contributed by atoms with Gasteiger partial charge >= 0.3 is 0 Å². The van der Waals surface area contributed by atoms with Crippen LogP contribution in [0.1, 0.15) is 31.6 Å². The summed E-state index contributed by atoms with van der Waals surface area (Å²) in [6, 6.07) is 5.04. The second-order valence-electron chi connectivity index (χ2n) is 4.79. The third kappa shape index (κ3) is 2.58. The van der Waals surface area contributed by atoms with Gasteiger partial charge in [0, 0.05) is 17.5 Å². The number of hydrogen-bond donors (Lipinski definition) is 1. The molecule has 0 aliphatic heterocycles. The zero-order valence-electron chi connectivity index (χ0n) is 9.05. The van der Waals surface area contributed by atoms with Gasteiger partial charge in [-0.2, -0.15) is 0 Å². The molecular formula is C12H19NS. The first kappa shape index (κ1) is 10.2. The average Bonchev–Trinajstić information content (AvgIpc) is 2.70. The fourth-order valence-electron chi connectivity index (χ4n) is 1.80. The summed E-state index contributed by atoms with van der Waals surface area (Å²) in [6.45, 7) is 5.64. The minimum atomic E-state index is 0.606. The van der Waals surface area contributed by atoms with E-state index >= 15 is 0 Å². The molecule has 1 fully saturated rings. The third-order valence-corrected chi connectivity index (χ3v) is 3.85. The van der Waals surface area contributed by atoms with Crippen LogP contribution in [-0.2, 0) is 6.42 Å². The molecule has 0 atom stereocenters. The molecule has 78 valence electrons. The van der Waals surface area contributed by atoms with E-state index < -0.39 is 0 Å². The highest BCUT2D eigenvalue weighted by Crippen LogP contribution is 2.48. The van der Waals surface area contributed by atoms with E-state index in [9.17, 15) is 0 Å². The van der Waals surface area contributed by atoms with Gasteiger partial charge in [0.25, 0.3) is 0 Å². The van der Waals surface area contributed by atoms with Crippen LogP contribution in [0.2, 0.25) is 0 Å². The van der Waals surface area contributed by atoms with E-state index in [4.69, 9.17) is 0 Å². The Kier molecular flexibility index (Phi) is 2.93. The second-order valence-corrected chi connectivity index (χ2v) is 5.82. The van der Waals surface area contributed by atoms with Crippen molar-refractivity contribution in [1.82, 2.24) is 5.32 Å². The van der Waals surface area contributed by atoms with Gasteiger partial charge in [-0.3, -0.25) is 0 Å². The van der Waals surface area contributed by atoms with Gasteiger partial charge in [0.2, 0.25) is 0 Å². The summed E-state index contributed by atoms with van der Waals surface area (Å²) >= 11 is 1.90. The van der Waals surface area contributed by atoms with E-state index in [1.54, 1.807) is 4.88 Å². The van der Waals surface area contributed by atoms with E-state index in [0.29, 0.717) is 11.5 Å². The topological polar surface area (TPSA) is 12.0 Å². The molecular weight excluding hydrogens is 190 g/mol. The predicted molar refractivity (Wildman–Crippen MR) is 62.8 cm³/mol. The summed E-state index contributed by atoms with van der Waals surface area (Å²) in [7, 11) is 0. The van der Waals surface area contributed by atoms with Crippen molar-refractivity contribution in [2.45, 2.75) is 39.2 Å². The van der Waals surface area contributed by atoms with Gasteiger partial charge in [-0.05, 0) is 36.1 Å². The molecule has 0 aromatic carbocycles. The van der Waals surface area contributed by atoms with Crippen LogP contribution >= 0.6 is 11.3 Å². The molecule has 0 amide bonds. The summed E-state index contributed by atoms with van der Waals surface area (Å²) < 4.78 is 0. The van der Waals surface area contributed by atoms with Crippen molar-refractivity contribution in [1.29, 1.82) is 0 Å². The van der Waals surface area contributed by atoms with Crippen molar-refractivity contribution in [3.8, 4) is 0 Å². The molecule has 0 saturated heterocycles. The van der Waals surface area contributed by atoms with Crippen LogP contribution in [-0.4, -0.2) is 12.6 Å². The van der Waals surface area contributed by atoms with Crippen molar-refractivity contribution in [2.75, 3.05) is 6.54 Å². The van der Waals surface area contributed by atoms with E-state index in [-0.39, 0.29) is 0 Å². The summed E-state index contributed by atoms with van der Waals surface area (Å²) in [4.78, 5) is 1.55. The highest BCUT2D eigenvalue weighted by molar-refractivity contribution is 7.09. The molecule has 1 N–H and O–H groups in total. The maximum atomic E-state index is 3.57. The number of nitrogens with one attached hydrogen (secondary N) is 1. The first-order valence-electron chi connectivity index (χ1n) is 5.46. The number of hydrogen-bond acceptors (Lipinski definition) is 2. The molecule has 1 aliphatic rings. The molecule has 1 saturated carbocycles. The van der Waals surface area contributed by atoms with Crippen molar-refractivity contribution in [2.24, 2.45) is 5.41 Å². The molecule has 1 nitrogen and oxygen atoms in total. The van der Waals surface area contributed by atoms with Crippen LogP contribution in [0.4, 0.5) is 0 Å². The van der Waals surface area contributed by atoms with Crippen LogP contribution in [0.3, 0.4) is 0 Å². The van der Waals surface area contributed by atoms with Gasteiger partial charge < -0.3 is 5.32 Å². The maximum Gasteiger partial charge on any atom is 0.00512 e. The van der Waals surface area contributed by atoms with E-state index in [1.807, 2.05) is 11.3 Å². The minimum absolute atomic E-state index is 0.606. The molecule has 1 aromatic rings. The van der Waals surface area contributed by atoms with Crippen LogP contribution in [0.25, 0.3) is 0 Å². The van der Waals surface area contributed by atoms with Crippen molar-refractivity contribution in [3.63, 3.8) is 0 Å². The highest BCUT2D eigenvalue weighted by Gasteiger charge is 2.42. The lowest BCUT2D eigenvalue weighted by atomic mass is 10.0. The Morgan fingerprint density at radius 3 is 2.79 bits per heavy atom. The van der Waals surface area contributed by atoms with Gasteiger partial charge in [0.05, 0.1) is 0 Å². The van der Waals surface area contributed by atoms with Gasteiger partial charge in [-0.1, -0.05) is 19.9 Å². The Morgan fingerprint density at radius 1 is 1.50 bits per heavy atom. The van der Waals surface area contributed by atoms with Crippen molar-refractivity contribution >= 4 is 11.3 Å². The monoisotopic (exact) mass is 209 g/mol. The first-order valence-corrected chi connectivity index (χ1v) is 6.34. The molecule has 14 heavy (non-hydrogen) atoms. The van der Waals surface area contributed by atoms with Crippen LogP contribution in [0.5, 0.6) is 0 Å². The fraction of sp³-hybridized carbons (Fsp3) is 0.667. The smallest absolute Gasteiger partial charge is 0.00512 e. The van der Waals surface area contributed by atoms with Gasteiger partial charge in [-0.15, -0.1) is 11.3 Å². The molecule has 1 aromatic heterocycles. The molecule has 0 spiro atoms. The number of thiophene rings is 1. The van der Waals surface area contributed by atoms with Gasteiger partial charge in [-0.25, -0.2) is 0 Å². The Morgan fingerprint density at radius 2 is 2.29 bits per heavy atom. The second kappa shape index (κ2) is 4.03. The van der Waals surface area contributed by atoms with Crippen molar-refractivity contribution in [3.05, 3.63) is 22.4 Å². The molecule has 2 heteroatoms. The quantitative estimate of drug-likeness (QED) is 0.786. The van der Waals surface area contributed by atoms with Gasteiger partial charge in [0.15, 0.2) is 0 Å². The van der Waals surface area contributed by atoms with Crippen LogP contribution in [0, 0.1) is 5.41 Å². The molecule has 0 unspecified atom stereocenters. The average molecular weight is 209 g/mol. The van der Waals surface area contributed by atoms with E-state index in [1.165, 1.54) is 25.8 Å². The predicted octanol–water partition coefficient (Wildman–Crippen LogP) is 3.07. The summed E-state index contributed by atoms with van der Waals surface area (Å²) in [5, 5.41) is 5.75. The largest absolute Gasteiger partial charge is 0.314 e. The van der Waals surface area contributed by atoms with Gasteiger partial charge in [0.1, 0.15) is 0 Å². The molecule has 0 bridgehead atoms. The fourth-order valence-corrected chi connectivity index (χ4v) is 2.67. The lowest BCUT2D eigenvalue weighted by Gasteiger charge is -2.17. The van der Waals surface area contributed by atoms with Crippen LogP contribution in [0.15, 0.2) is 17.5 Å². The lowest BCUT2D eigenvalue weighted by Crippen LogP contribution is -2.30. The standard InChI is InChI=1S/C12H19NS/c1-10(2)13-9-12(5-6-12)8-11-4-3-7-14-11/h3-4,7,10,13H,5-6,8-9H2,1-2H3. The molecule has 0 radical (unpaired) electrons. The molecule has 1 aliphatic carbocycles. The Hall–Kier alpha value is -0.340. The SMILES string of the molecule is CC(C)NCC1(Cc2cccs2)CC1. The zero-order chi connectivity index (χ0) is 10.0. The Labute approximate surface area is 90.5 Å². The summed E-state index contributed by atoms with van der Waals surface area (Å²) in [5.41, 5.74) is 0.606. The van der Waals surface area contributed by atoms with Crippen molar-refractivity contribution < 1.29 is 0 Å². The van der Waals surface area contributed by atoms with Crippen LogP contribution < -0.4 is 5.32 Å². The third-order valence-electron chi connectivity index (χ3n) is 2.97. The number of rotatable bonds is 5. The molecule has 1 heterocycles. The summed E-state index contributed by atoms with van der Waals surface area (Å²) in [5.74, 6) is 0. The Bertz CT molecular complexity index is 273. The highest BCUT2D eigenvalue weighted by atomic mass is 32.1. The first-order chi connectivity index (χ1) is 6.70. The Balaban J connectivity index is 1.84. The van der Waals surface area contributed by atoms with E-state index in [2.05, 4.69) is 36.7 Å². The lowest BCUT2D eigenvalue weighted by molar-refractivity contribution is 0.432. The normalized spacial score (nSPS) is 18.8. The zero-order valence-corrected chi connectivity index (χ0v) is 9.86.